The molecule has 1 aromatic carbocycles. The van der Waals surface area contributed by atoms with E-state index in [-0.39, 0.29) is 12.4 Å². The van der Waals surface area contributed by atoms with Crippen molar-refractivity contribution < 1.29 is 17.9 Å². The molecule has 114 valence electrons. The molecule has 0 bridgehead atoms. The number of hydrogen-bond acceptors (Lipinski definition) is 4. The topological polar surface area (TPSA) is 64.6 Å². The first-order valence-electron chi connectivity index (χ1n) is 6.32. The summed E-state index contributed by atoms with van der Waals surface area (Å²) in [5, 5.41) is 0.669. The van der Waals surface area contributed by atoms with Crippen molar-refractivity contribution in [3.63, 3.8) is 0 Å². The summed E-state index contributed by atoms with van der Waals surface area (Å²) in [6.07, 6.45) is 0.626. The fourth-order valence-electron chi connectivity index (χ4n) is 1.49. The minimum Gasteiger partial charge on any atom is -0.382 e. The first kappa shape index (κ1) is 17.4. The van der Waals surface area contributed by atoms with Crippen molar-refractivity contribution in [2.24, 2.45) is 0 Å². The predicted octanol–water partition coefficient (Wildman–Crippen LogP) is 1.46. The lowest BCUT2D eigenvalue weighted by Gasteiger charge is -2.07. The van der Waals surface area contributed by atoms with Gasteiger partial charge in [0.1, 0.15) is 0 Å². The van der Waals surface area contributed by atoms with Crippen LogP contribution in [0.15, 0.2) is 24.3 Å². The zero-order valence-electron chi connectivity index (χ0n) is 11.5. The van der Waals surface area contributed by atoms with Gasteiger partial charge in [0.2, 0.25) is 10.0 Å². The Morgan fingerprint density at radius 1 is 1.15 bits per heavy atom. The number of ether oxygens (including phenoxy) is 2. The third kappa shape index (κ3) is 7.81. The van der Waals surface area contributed by atoms with Crippen LogP contribution < -0.4 is 4.72 Å². The van der Waals surface area contributed by atoms with Crippen LogP contribution in [0.25, 0.3) is 0 Å². The smallest absolute Gasteiger partial charge is 0.213 e. The molecule has 0 fully saturated rings. The van der Waals surface area contributed by atoms with Crippen LogP contribution in [0.4, 0.5) is 0 Å². The van der Waals surface area contributed by atoms with Gasteiger partial charge in [-0.3, -0.25) is 0 Å². The SMILES string of the molecule is COCCOCCS(=O)(=O)NCCc1ccc(Cl)cc1. The van der Waals surface area contributed by atoms with E-state index in [0.717, 1.165) is 5.56 Å². The first-order chi connectivity index (χ1) is 9.53. The lowest BCUT2D eigenvalue weighted by atomic mass is 10.2. The van der Waals surface area contributed by atoms with Crippen molar-refractivity contribution in [1.82, 2.24) is 4.72 Å². The van der Waals surface area contributed by atoms with Crippen molar-refractivity contribution in [2.75, 3.05) is 39.2 Å². The van der Waals surface area contributed by atoms with E-state index in [9.17, 15) is 8.42 Å². The molecule has 0 saturated heterocycles. The normalized spacial score (nSPS) is 11.7. The van der Waals surface area contributed by atoms with E-state index in [1.54, 1.807) is 19.2 Å². The maximum atomic E-state index is 11.7. The third-order valence-electron chi connectivity index (χ3n) is 2.58. The average Bonchev–Trinajstić information content (AvgIpc) is 2.40. The highest BCUT2D eigenvalue weighted by Crippen LogP contribution is 2.09. The quantitative estimate of drug-likeness (QED) is 0.663. The Bertz CT molecular complexity index is 476. The van der Waals surface area contributed by atoms with Crippen molar-refractivity contribution in [2.45, 2.75) is 6.42 Å². The molecule has 1 rings (SSSR count). The first-order valence-corrected chi connectivity index (χ1v) is 8.35. The van der Waals surface area contributed by atoms with Crippen LogP contribution in [0.5, 0.6) is 0 Å². The van der Waals surface area contributed by atoms with E-state index >= 15 is 0 Å². The van der Waals surface area contributed by atoms with Gasteiger partial charge in [-0.25, -0.2) is 13.1 Å². The Balaban J connectivity index is 2.20. The molecule has 0 saturated carbocycles. The second-order valence-corrected chi connectivity index (χ2v) is 6.56. The zero-order valence-corrected chi connectivity index (χ0v) is 13.0. The molecule has 1 aromatic rings. The second-order valence-electron chi connectivity index (χ2n) is 4.19. The van der Waals surface area contributed by atoms with Crippen molar-refractivity contribution in [3.8, 4) is 0 Å². The van der Waals surface area contributed by atoms with Gasteiger partial charge in [0.15, 0.2) is 0 Å². The molecule has 1 N–H and O–H groups in total. The lowest BCUT2D eigenvalue weighted by Crippen LogP contribution is -2.30. The Labute approximate surface area is 125 Å². The molecule has 5 nitrogen and oxygen atoms in total. The molecule has 0 aromatic heterocycles. The lowest BCUT2D eigenvalue weighted by molar-refractivity contribution is 0.0784. The van der Waals surface area contributed by atoms with Gasteiger partial charge >= 0.3 is 0 Å². The van der Waals surface area contributed by atoms with Crippen LogP contribution in [0, 0.1) is 0 Å². The average molecular weight is 322 g/mol. The largest absolute Gasteiger partial charge is 0.382 e. The van der Waals surface area contributed by atoms with Gasteiger partial charge in [-0.2, -0.15) is 0 Å². The van der Waals surface area contributed by atoms with E-state index in [0.29, 0.717) is 31.2 Å². The Kier molecular flexibility index (Phi) is 8.09. The fourth-order valence-corrected chi connectivity index (χ4v) is 2.51. The van der Waals surface area contributed by atoms with E-state index in [1.807, 2.05) is 12.1 Å². The van der Waals surface area contributed by atoms with Crippen molar-refractivity contribution >= 4 is 21.6 Å². The minimum atomic E-state index is -3.29. The van der Waals surface area contributed by atoms with Gasteiger partial charge in [0.05, 0.1) is 25.6 Å². The molecule has 0 spiro atoms. The molecule has 0 radical (unpaired) electrons. The molecule has 20 heavy (non-hydrogen) atoms. The Morgan fingerprint density at radius 2 is 1.85 bits per heavy atom. The fraction of sp³-hybridized carbons (Fsp3) is 0.538. The number of halogens is 1. The zero-order chi connectivity index (χ0) is 14.8. The molecule has 0 aliphatic heterocycles. The second kappa shape index (κ2) is 9.31. The van der Waals surface area contributed by atoms with Gasteiger partial charge in [-0.05, 0) is 24.1 Å². The minimum absolute atomic E-state index is 0.0443. The molecule has 0 unspecified atom stereocenters. The summed E-state index contributed by atoms with van der Waals surface area (Å²) in [5.74, 6) is -0.0443. The van der Waals surface area contributed by atoms with Crippen molar-refractivity contribution in [1.29, 1.82) is 0 Å². The number of methoxy groups -OCH3 is 1. The summed E-state index contributed by atoms with van der Waals surface area (Å²) in [7, 11) is -1.72. The molecular weight excluding hydrogens is 302 g/mol. The molecule has 0 aliphatic carbocycles. The van der Waals surface area contributed by atoms with Crippen LogP contribution in [-0.2, 0) is 25.9 Å². The van der Waals surface area contributed by atoms with E-state index < -0.39 is 10.0 Å². The number of benzene rings is 1. The summed E-state index contributed by atoms with van der Waals surface area (Å²) in [5.41, 5.74) is 1.04. The summed E-state index contributed by atoms with van der Waals surface area (Å²) in [6, 6.07) is 7.33. The van der Waals surface area contributed by atoms with Gasteiger partial charge in [-0.1, -0.05) is 23.7 Å². The molecule has 7 heteroatoms. The Morgan fingerprint density at radius 3 is 2.50 bits per heavy atom. The monoisotopic (exact) mass is 321 g/mol. The summed E-state index contributed by atoms with van der Waals surface area (Å²) in [6.45, 7) is 1.39. The summed E-state index contributed by atoms with van der Waals surface area (Å²) in [4.78, 5) is 0. The number of rotatable bonds is 10. The van der Waals surface area contributed by atoms with Crippen LogP contribution in [0.1, 0.15) is 5.56 Å². The van der Waals surface area contributed by atoms with Crippen LogP contribution in [0.2, 0.25) is 5.02 Å². The molecule has 0 aliphatic rings. The van der Waals surface area contributed by atoms with Gasteiger partial charge < -0.3 is 9.47 Å². The number of nitrogens with one attached hydrogen (secondary N) is 1. The standard InChI is InChI=1S/C13H20ClNO4S/c1-18-8-9-19-10-11-20(16,17)15-7-6-12-2-4-13(14)5-3-12/h2-5,15H,6-11H2,1H3. The Hall–Kier alpha value is -0.660. The van der Waals surface area contributed by atoms with Crippen molar-refractivity contribution in [3.05, 3.63) is 34.9 Å². The third-order valence-corrected chi connectivity index (χ3v) is 4.18. The van der Waals surface area contributed by atoms with E-state index in [2.05, 4.69) is 4.72 Å². The molecule has 0 atom stereocenters. The van der Waals surface area contributed by atoms with Crippen LogP contribution >= 0.6 is 11.6 Å². The summed E-state index contributed by atoms with van der Waals surface area (Å²) >= 11 is 5.78. The van der Waals surface area contributed by atoms with Gasteiger partial charge in [0, 0.05) is 18.7 Å². The number of hydrogen-bond donors (Lipinski definition) is 1. The van der Waals surface area contributed by atoms with E-state index in [1.165, 1.54) is 0 Å². The highest BCUT2D eigenvalue weighted by molar-refractivity contribution is 7.89. The summed E-state index contributed by atoms with van der Waals surface area (Å²) < 4.78 is 35.8. The molecular formula is C13H20ClNO4S. The molecule has 0 heterocycles. The van der Waals surface area contributed by atoms with Crippen LogP contribution in [-0.4, -0.2) is 47.6 Å². The van der Waals surface area contributed by atoms with E-state index in [4.69, 9.17) is 21.1 Å². The van der Waals surface area contributed by atoms with Crippen LogP contribution in [0.3, 0.4) is 0 Å². The predicted molar refractivity (Wildman–Crippen MR) is 79.6 cm³/mol. The number of sulfonamides is 1. The maximum absolute atomic E-state index is 11.7. The highest BCUT2D eigenvalue weighted by atomic mass is 35.5. The molecule has 0 amide bonds. The van der Waals surface area contributed by atoms with Gasteiger partial charge in [-0.15, -0.1) is 0 Å². The maximum Gasteiger partial charge on any atom is 0.213 e. The highest BCUT2D eigenvalue weighted by Gasteiger charge is 2.09. The van der Waals surface area contributed by atoms with Gasteiger partial charge in [0.25, 0.3) is 0 Å².